The van der Waals surface area contributed by atoms with Gasteiger partial charge < -0.3 is 20.5 Å². The molecule has 2 rings (SSSR count). The number of hydrogen-bond donors (Lipinski definition) is 2. The van der Waals surface area contributed by atoms with E-state index in [4.69, 9.17) is 15.2 Å². The molecule has 19 heavy (non-hydrogen) atoms. The van der Waals surface area contributed by atoms with Gasteiger partial charge in [-0.15, -0.1) is 0 Å². The molecule has 0 amide bonds. The summed E-state index contributed by atoms with van der Waals surface area (Å²) < 4.78 is 10.7. The maximum Gasteiger partial charge on any atom is 0.141 e. The van der Waals surface area contributed by atoms with Crippen molar-refractivity contribution >= 4 is 5.69 Å². The fourth-order valence-electron chi connectivity index (χ4n) is 2.19. The van der Waals surface area contributed by atoms with Crippen LogP contribution in [0, 0.1) is 5.41 Å². The lowest BCUT2D eigenvalue weighted by atomic mass is 9.86. The molecule has 1 aromatic carbocycles. The van der Waals surface area contributed by atoms with Gasteiger partial charge in [-0.05, 0) is 23.6 Å². The van der Waals surface area contributed by atoms with Crippen LogP contribution in [-0.4, -0.2) is 33.4 Å². The SMILES string of the molecule is COc1ccc(C(C)C)cc1NCC1(CN)COC1. The molecule has 1 aliphatic rings. The van der Waals surface area contributed by atoms with Gasteiger partial charge in [0.2, 0.25) is 0 Å². The summed E-state index contributed by atoms with van der Waals surface area (Å²) in [6, 6.07) is 6.29. The van der Waals surface area contributed by atoms with Gasteiger partial charge in [0.05, 0.1) is 26.0 Å². The number of ether oxygens (including phenoxy) is 2. The minimum Gasteiger partial charge on any atom is -0.495 e. The van der Waals surface area contributed by atoms with Crippen molar-refractivity contribution in [3.8, 4) is 5.75 Å². The third kappa shape index (κ3) is 3.01. The lowest BCUT2D eigenvalue weighted by molar-refractivity contribution is -0.0979. The largest absolute Gasteiger partial charge is 0.495 e. The van der Waals surface area contributed by atoms with Gasteiger partial charge in [-0.3, -0.25) is 0 Å². The van der Waals surface area contributed by atoms with Gasteiger partial charge in [0, 0.05) is 18.5 Å². The minimum atomic E-state index is 0.0822. The van der Waals surface area contributed by atoms with Crippen molar-refractivity contribution in [3.05, 3.63) is 23.8 Å². The molecule has 0 aliphatic carbocycles. The molecule has 1 saturated heterocycles. The van der Waals surface area contributed by atoms with Gasteiger partial charge in [-0.2, -0.15) is 0 Å². The van der Waals surface area contributed by atoms with Crippen LogP contribution in [0.4, 0.5) is 5.69 Å². The molecular weight excluding hydrogens is 240 g/mol. The first-order chi connectivity index (χ1) is 9.10. The first kappa shape index (κ1) is 14.2. The Morgan fingerprint density at radius 3 is 2.63 bits per heavy atom. The van der Waals surface area contributed by atoms with E-state index in [-0.39, 0.29) is 5.41 Å². The smallest absolute Gasteiger partial charge is 0.141 e. The molecule has 1 heterocycles. The first-order valence-electron chi connectivity index (χ1n) is 6.80. The van der Waals surface area contributed by atoms with Crippen LogP contribution in [0.15, 0.2) is 18.2 Å². The number of methoxy groups -OCH3 is 1. The second kappa shape index (κ2) is 5.80. The van der Waals surface area contributed by atoms with Crippen LogP contribution in [0.25, 0.3) is 0 Å². The topological polar surface area (TPSA) is 56.5 Å². The summed E-state index contributed by atoms with van der Waals surface area (Å²) in [5, 5.41) is 3.47. The second-order valence-corrected chi connectivity index (χ2v) is 5.66. The van der Waals surface area contributed by atoms with Crippen molar-refractivity contribution in [1.29, 1.82) is 0 Å². The molecule has 0 saturated carbocycles. The summed E-state index contributed by atoms with van der Waals surface area (Å²) in [5.74, 6) is 1.37. The summed E-state index contributed by atoms with van der Waals surface area (Å²) in [5.41, 5.74) is 8.25. The van der Waals surface area contributed by atoms with Crippen LogP contribution < -0.4 is 15.8 Å². The van der Waals surface area contributed by atoms with Crippen LogP contribution in [0.1, 0.15) is 25.3 Å². The van der Waals surface area contributed by atoms with E-state index in [0.29, 0.717) is 12.5 Å². The normalized spacial score (nSPS) is 17.1. The molecule has 4 heteroatoms. The molecule has 3 N–H and O–H groups in total. The van der Waals surface area contributed by atoms with Crippen molar-refractivity contribution in [2.24, 2.45) is 11.1 Å². The van der Waals surface area contributed by atoms with Crippen LogP contribution in [0.5, 0.6) is 5.75 Å². The van der Waals surface area contributed by atoms with E-state index in [9.17, 15) is 0 Å². The Morgan fingerprint density at radius 2 is 2.16 bits per heavy atom. The van der Waals surface area contributed by atoms with Gasteiger partial charge in [-0.25, -0.2) is 0 Å². The summed E-state index contributed by atoms with van der Waals surface area (Å²) in [6.45, 7) is 7.32. The number of anilines is 1. The maximum atomic E-state index is 5.83. The predicted octanol–water partition coefficient (Wildman–Crippen LogP) is 2.21. The van der Waals surface area contributed by atoms with Crippen molar-refractivity contribution in [1.82, 2.24) is 0 Å². The summed E-state index contributed by atoms with van der Waals surface area (Å²) in [6.07, 6.45) is 0. The molecule has 1 fully saturated rings. The standard InChI is InChI=1S/C15H24N2O2/c1-11(2)12-4-5-14(18-3)13(6-12)17-8-15(7-16)9-19-10-15/h4-6,11,17H,7-10,16H2,1-3H3. The Kier molecular flexibility index (Phi) is 4.32. The van der Waals surface area contributed by atoms with Crippen LogP contribution in [-0.2, 0) is 4.74 Å². The third-order valence-electron chi connectivity index (χ3n) is 3.79. The Morgan fingerprint density at radius 1 is 1.42 bits per heavy atom. The highest BCUT2D eigenvalue weighted by molar-refractivity contribution is 5.58. The molecule has 0 unspecified atom stereocenters. The molecule has 4 nitrogen and oxygen atoms in total. The second-order valence-electron chi connectivity index (χ2n) is 5.66. The fourth-order valence-corrected chi connectivity index (χ4v) is 2.19. The van der Waals surface area contributed by atoms with Gasteiger partial charge in [-0.1, -0.05) is 19.9 Å². The Hall–Kier alpha value is -1.26. The van der Waals surface area contributed by atoms with E-state index in [1.807, 2.05) is 6.07 Å². The van der Waals surface area contributed by atoms with Gasteiger partial charge in [0.25, 0.3) is 0 Å². The predicted molar refractivity (Wildman–Crippen MR) is 77.9 cm³/mol. The van der Waals surface area contributed by atoms with Crippen LogP contribution in [0.2, 0.25) is 0 Å². The third-order valence-corrected chi connectivity index (χ3v) is 3.79. The van der Waals surface area contributed by atoms with Crippen molar-refractivity contribution in [2.75, 3.05) is 38.7 Å². The maximum absolute atomic E-state index is 5.83. The highest BCUT2D eigenvalue weighted by Gasteiger charge is 2.37. The summed E-state index contributed by atoms with van der Waals surface area (Å²) >= 11 is 0. The quantitative estimate of drug-likeness (QED) is 0.827. The average molecular weight is 264 g/mol. The number of benzene rings is 1. The van der Waals surface area contributed by atoms with Gasteiger partial charge in [0.15, 0.2) is 0 Å². The Labute approximate surface area is 115 Å². The fraction of sp³-hybridized carbons (Fsp3) is 0.600. The van der Waals surface area contributed by atoms with Crippen molar-refractivity contribution < 1.29 is 9.47 Å². The zero-order valence-electron chi connectivity index (χ0n) is 12.0. The highest BCUT2D eigenvalue weighted by Crippen LogP contribution is 2.31. The van der Waals surface area contributed by atoms with Gasteiger partial charge >= 0.3 is 0 Å². The molecule has 0 aromatic heterocycles. The summed E-state index contributed by atoms with van der Waals surface area (Å²) in [7, 11) is 1.70. The van der Waals surface area contributed by atoms with E-state index in [0.717, 1.165) is 31.2 Å². The average Bonchev–Trinajstić information content (AvgIpc) is 2.37. The van der Waals surface area contributed by atoms with Crippen LogP contribution >= 0.6 is 0 Å². The molecule has 0 spiro atoms. The molecule has 106 valence electrons. The number of rotatable bonds is 6. The van der Waals surface area contributed by atoms with Crippen molar-refractivity contribution in [3.63, 3.8) is 0 Å². The molecule has 0 bridgehead atoms. The van der Waals surface area contributed by atoms with Gasteiger partial charge in [0.1, 0.15) is 5.75 Å². The van der Waals surface area contributed by atoms with E-state index in [1.54, 1.807) is 7.11 Å². The lowest BCUT2D eigenvalue weighted by Gasteiger charge is -2.40. The number of nitrogens with two attached hydrogens (primary N) is 1. The van der Waals surface area contributed by atoms with Crippen LogP contribution in [0.3, 0.4) is 0 Å². The van der Waals surface area contributed by atoms with E-state index in [2.05, 4.69) is 31.3 Å². The van der Waals surface area contributed by atoms with E-state index < -0.39 is 0 Å². The molecular formula is C15H24N2O2. The van der Waals surface area contributed by atoms with Crippen molar-refractivity contribution in [2.45, 2.75) is 19.8 Å². The van der Waals surface area contributed by atoms with E-state index in [1.165, 1.54) is 5.56 Å². The van der Waals surface area contributed by atoms with E-state index >= 15 is 0 Å². The minimum absolute atomic E-state index is 0.0822. The zero-order valence-corrected chi connectivity index (χ0v) is 12.0. The molecule has 1 aliphatic heterocycles. The molecule has 0 radical (unpaired) electrons. The highest BCUT2D eigenvalue weighted by atomic mass is 16.5. The summed E-state index contributed by atoms with van der Waals surface area (Å²) in [4.78, 5) is 0. The molecule has 0 atom stereocenters. The Balaban J connectivity index is 2.11. The lowest BCUT2D eigenvalue weighted by Crippen LogP contribution is -2.52. The zero-order chi connectivity index (χ0) is 13.9. The Bertz CT molecular complexity index is 423. The first-order valence-corrected chi connectivity index (χ1v) is 6.80. The monoisotopic (exact) mass is 264 g/mol. The number of nitrogens with one attached hydrogen (secondary N) is 1. The molecule has 1 aromatic rings. The number of hydrogen-bond acceptors (Lipinski definition) is 4.